The molecule has 0 aliphatic rings. The van der Waals surface area contributed by atoms with Crippen molar-refractivity contribution >= 4 is 6.21 Å². The summed E-state index contributed by atoms with van der Waals surface area (Å²) in [6, 6.07) is 14.0. The van der Waals surface area contributed by atoms with Gasteiger partial charge in [-0.2, -0.15) is 5.10 Å². The van der Waals surface area contributed by atoms with Gasteiger partial charge in [-0.25, -0.2) is 9.07 Å². The van der Waals surface area contributed by atoms with E-state index in [0.29, 0.717) is 11.3 Å². The van der Waals surface area contributed by atoms with E-state index < -0.39 is 0 Å². The molecule has 1 heterocycles. The van der Waals surface area contributed by atoms with Crippen LogP contribution in [0.15, 0.2) is 66.3 Å². The third kappa shape index (κ3) is 3.35. The van der Waals surface area contributed by atoms with Crippen LogP contribution < -0.4 is 4.74 Å². The van der Waals surface area contributed by atoms with Crippen molar-refractivity contribution in [2.75, 3.05) is 0 Å². The van der Waals surface area contributed by atoms with Crippen LogP contribution >= 0.6 is 0 Å². The Morgan fingerprint density at radius 2 is 1.77 bits per heavy atom. The minimum atomic E-state index is -0.280. The second kappa shape index (κ2) is 6.62. The summed E-state index contributed by atoms with van der Waals surface area (Å²) < 4.78 is 20.8. The summed E-state index contributed by atoms with van der Waals surface area (Å²) >= 11 is 0. The van der Waals surface area contributed by atoms with Crippen molar-refractivity contribution < 1.29 is 9.13 Å². The van der Waals surface area contributed by atoms with E-state index in [1.54, 1.807) is 24.4 Å². The van der Waals surface area contributed by atoms with Crippen LogP contribution in [0.1, 0.15) is 11.1 Å². The highest BCUT2D eigenvalue weighted by molar-refractivity contribution is 5.83. The molecule has 0 saturated carbocycles. The van der Waals surface area contributed by atoms with Crippen LogP contribution in [0.5, 0.6) is 5.75 Å². The summed E-state index contributed by atoms with van der Waals surface area (Å²) in [6.07, 6.45) is 4.61. The fourth-order valence-corrected chi connectivity index (χ4v) is 1.87. The molecule has 6 heteroatoms. The van der Waals surface area contributed by atoms with E-state index in [4.69, 9.17) is 4.74 Å². The van der Waals surface area contributed by atoms with E-state index >= 15 is 0 Å². The van der Waals surface area contributed by atoms with Crippen LogP contribution in [0.2, 0.25) is 0 Å². The average molecular weight is 296 g/mol. The summed E-state index contributed by atoms with van der Waals surface area (Å²) in [7, 11) is 0. The number of aromatic nitrogens is 3. The quantitative estimate of drug-likeness (QED) is 0.680. The molecule has 0 aliphatic heterocycles. The number of hydrogen-bond acceptors (Lipinski definition) is 4. The molecule has 0 atom stereocenters. The molecule has 0 bridgehead atoms. The van der Waals surface area contributed by atoms with Gasteiger partial charge in [0.1, 0.15) is 30.8 Å². The zero-order valence-corrected chi connectivity index (χ0v) is 11.6. The van der Waals surface area contributed by atoms with Gasteiger partial charge in [-0.3, -0.25) is 0 Å². The Hall–Kier alpha value is -3.02. The highest BCUT2D eigenvalue weighted by Crippen LogP contribution is 2.18. The van der Waals surface area contributed by atoms with Gasteiger partial charge in [0.15, 0.2) is 0 Å². The Morgan fingerprint density at radius 1 is 1.05 bits per heavy atom. The molecular formula is C16H13FN4O. The summed E-state index contributed by atoms with van der Waals surface area (Å²) in [6.45, 7) is 0.157. The standard InChI is InChI=1S/C16H13FN4O/c17-15-7-3-1-6-14(15)10-22-16-8-4-2-5-13(16)9-20-21-11-18-19-12-21/h1-9,11-12H,10H2/b20-9+. The summed E-state index contributed by atoms with van der Waals surface area (Å²) in [4.78, 5) is 0. The highest BCUT2D eigenvalue weighted by Gasteiger charge is 2.04. The number of nitrogens with zero attached hydrogens (tertiary/aromatic N) is 4. The van der Waals surface area contributed by atoms with Gasteiger partial charge in [-0.05, 0) is 18.2 Å². The van der Waals surface area contributed by atoms with Crippen molar-refractivity contribution in [3.63, 3.8) is 0 Å². The molecule has 2 aromatic carbocycles. The second-order valence-electron chi connectivity index (χ2n) is 4.50. The molecule has 0 amide bonds. The van der Waals surface area contributed by atoms with Gasteiger partial charge < -0.3 is 4.74 Å². The summed E-state index contributed by atoms with van der Waals surface area (Å²) in [5.41, 5.74) is 1.29. The minimum Gasteiger partial charge on any atom is -0.488 e. The molecule has 0 unspecified atom stereocenters. The van der Waals surface area contributed by atoms with E-state index in [1.807, 2.05) is 24.3 Å². The third-order valence-electron chi connectivity index (χ3n) is 3.00. The first-order valence-electron chi connectivity index (χ1n) is 6.67. The van der Waals surface area contributed by atoms with Crippen molar-refractivity contribution in [1.29, 1.82) is 0 Å². The minimum absolute atomic E-state index is 0.157. The van der Waals surface area contributed by atoms with Crippen molar-refractivity contribution in [2.45, 2.75) is 6.61 Å². The van der Waals surface area contributed by atoms with Crippen LogP contribution in [-0.4, -0.2) is 21.1 Å². The van der Waals surface area contributed by atoms with Crippen molar-refractivity contribution in [1.82, 2.24) is 14.9 Å². The molecule has 3 aromatic rings. The smallest absolute Gasteiger partial charge is 0.141 e. The molecule has 0 fully saturated rings. The lowest BCUT2D eigenvalue weighted by Gasteiger charge is -2.09. The van der Waals surface area contributed by atoms with E-state index in [-0.39, 0.29) is 12.4 Å². The number of halogens is 1. The van der Waals surface area contributed by atoms with Gasteiger partial charge in [0.05, 0.1) is 6.21 Å². The largest absolute Gasteiger partial charge is 0.488 e. The Morgan fingerprint density at radius 3 is 2.59 bits per heavy atom. The lowest BCUT2D eigenvalue weighted by atomic mass is 10.2. The Kier molecular flexibility index (Phi) is 4.20. The van der Waals surface area contributed by atoms with Crippen LogP contribution in [0.25, 0.3) is 0 Å². The second-order valence-corrected chi connectivity index (χ2v) is 4.50. The molecule has 5 nitrogen and oxygen atoms in total. The molecule has 0 spiro atoms. The van der Waals surface area contributed by atoms with Crippen LogP contribution in [0.3, 0.4) is 0 Å². The van der Waals surface area contributed by atoms with Crippen molar-refractivity contribution in [3.8, 4) is 5.75 Å². The number of hydrogen-bond donors (Lipinski definition) is 0. The summed E-state index contributed by atoms with van der Waals surface area (Å²) in [5, 5.41) is 11.5. The fraction of sp³-hybridized carbons (Fsp3) is 0.0625. The molecule has 1 aromatic heterocycles. The number of benzene rings is 2. The van der Waals surface area contributed by atoms with E-state index in [2.05, 4.69) is 15.3 Å². The predicted molar refractivity (Wildman–Crippen MR) is 80.2 cm³/mol. The molecule has 3 rings (SSSR count). The lowest BCUT2D eigenvalue weighted by molar-refractivity contribution is 0.299. The third-order valence-corrected chi connectivity index (χ3v) is 3.00. The molecule has 22 heavy (non-hydrogen) atoms. The first-order valence-corrected chi connectivity index (χ1v) is 6.67. The van der Waals surface area contributed by atoms with E-state index in [9.17, 15) is 4.39 Å². The molecule has 0 aliphatic carbocycles. The van der Waals surface area contributed by atoms with Gasteiger partial charge >= 0.3 is 0 Å². The van der Waals surface area contributed by atoms with Gasteiger partial charge in [-0.1, -0.05) is 30.3 Å². The molecule has 110 valence electrons. The Labute approximate surface area is 126 Å². The number of ether oxygens (including phenoxy) is 1. The van der Waals surface area contributed by atoms with E-state index in [1.165, 1.54) is 23.4 Å². The fourth-order valence-electron chi connectivity index (χ4n) is 1.87. The molecule has 0 radical (unpaired) electrons. The molecular weight excluding hydrogens is 283 g/mol. The van der Waals surface area contributed by atoms with Gasteiger partial charge in [0.2, 0.25) is 0 Å². The first kappa shape index (κ1) is 13.9. The predicted octanol–water partition coefficient (Wildman–Crippen LogP) is 2.88. The van der Waals surface area contributed by atoms with Crippen LogP contribution in [0, 0.1) is 5.82 Å². The maximum atomic E-state index is 13.6. The SMILES string of the molecule is Fc1ccccc1COc1ccccc1/C=N/n1cnnc1. The van der Waals surface area contributed by atoms with Crippen LogP contribution in [-0.2, 0) is 6.61 Å². The topological polar surface area (TPSA) is 52.3 Å². The zero-order chi connectivity index (χ0) is 15.2. The normalized spacial score (nSPS) is 11.0. The zero-order valence-electron chi connectivity index (χ0n) is 11.6. The molecule has 0 saturated heterocycles. The van der Waals surface area contributed by atoms with Gasteiger partial charge in [0.25, 0.3) is 0 Å². The van der Waals surface area contributed by atoms with Crippen LogP contribution in [0.4, 0.5) is 4.39 Å². The van der Waals surface area contributed by atoms with Gasteiger partial charge in [0, 0.05) is 11.1 Å². The Bertz CT molecular complexity index is 771. The highest BCUT2D eigenvalue weighted by atomic mass is 19.1. The monoisotopic (exact) mass is 296 g/mol. The summed E-state index contributed by atoms with van der Waals surface area (Å²) in [5.74, 6) is 0.348. The maximum absolute atomic E-state index is 13.6. The van der Waals surface area contributed by atoms with E-state index in [0.717, 1.165) is 5.56 Å². The number of para-hydroxylation sites is 1. The van der Waals surface area contributed by atoms with Gasteiger partial charge in [-0.15, -0.1) is 10.2 Å². The average Bonchev–Trinajstić information content (AvgIpc) is 3.06. The Balaban J connectivity index is 1.75. The number of rotatable bonds is 5. The van der Waals surface area contributed by atoms with Crippen molar-refractivity contribution in [2.24, 2.45) is 5.10 Å². The maximum Gasteiger partial charge on any atom is 0.141 e. The molecule has 0 N–H and O–H groups in total. The van der Waals surface area contributed by atoms with Crippen molar-refractivity contribution in [3.05, 3.63) is 78.1 Å². The lowest BCUT2D eigenvalue weighted by Crippen LogP contribution is -2.00. The first-order chi connectivity index (χ1) is 10.8.